The summed E-state index contributed by atoms with van der Waals surface area (Å²) in [7, 11) is 1.50. The minimum atomic E-state index is -0.678. The molecule has 0 unspecified atom stereocenters. The second kappa shape index (κ2) is 7.07. The highest BCUT2D eigenvalue weighted by atomic mass is 19.1. The number of carbonyl (C=O) groups excluding carboxylic acids is 1. The number of hydrogen-bond acceptors (Lipinski definition) is 7. The molecule has 1 amide bonds. The van der Waals surface area contributed by atoms with E-state index >= 15 is 0 Å². The zero-order chi connectivity index (χ0) is 17.8. The lowest BCUT2D eigenvalue weighted by Crippen LogP contribution is -2.21. The Hall–Kier alpha value is -3.30. The van der Waals surface area contributed by atoms with Crippen molar-refractivity contribution in [3.8, 4) is 0 Å². The van der Waals surface area contributed by atoms with E-state index in [2.05, 4.69) is 25.1 Å². The molecule has 0 saturated carbocycles. The molecule has 1 aromatic carbocycles. The van der Waals surface area contributed by atoms with E-state index in [0.29, 0.717) is 5.82 Å². The first kappa shape index (κ1) is 16.6. The van der Waals surface area contributed by atoms with E-state index in [1.54, 1.807) is 12.1 Å². The third-order valence-corrected chi connectivity index (χ3v) is 3.44. The van der Waals surface area contributed by atoms with E-state index in [1.807, 2.05) is 0 Å². The number of aromatic nitrogens is 4. The number of likely N-dealkylation sites (N-methyl/N-ethyl adjacent to an activating group) is 1. The molecule has 0 atom stereocenters. The van der Waals surface area contributed by atoms with Crippen LogP contribution in [-0.2, 0) is 24.2 Å². The van der Waals surface area contributed by atoms with Crippen LogP contribution in [0.25, 0.3) is 0 Å². The van der Waals surface area contributed by atoms with Gasteiger partial charge < -0.3 is 9.84 Å². The molecule has 9 nitrogen and oxygen atoms in total. The molecule has 10 heteroatoms. The van der Waals surface area contributed by atoms with Gasteiger partial charge in [-0.3, -0.25) is 13.9 Å². The maximum Gasteiger partial charge on any atom is 0.442 e. The Bertz CT molecular complexity index is 928. The number of nitrogens with zero attached hydrogens (tertiary/aromatic N) is 4. The van der Waals surface area contributed by atoms with Crippen molar-refractivity contribution in [2.45, 2.75) is 19.4 Å². The molecular weight excluding hydrogens is 333 g/mol. The molecule has 0 aliphatic carbocycles. The molecule has 0 spiro atoms. The van der Waals surface area contributed by atoms with Crippen LogP contribution in [0, 0.1) is 5.82 Å². The minimum Gasteiger partial charge on any atom is -0.359 e. The SMILES string of the molecule is CNC(=O)Cc1noc(Cn2c(Cc3ccc(F)cc3)noc2=O)n1. The highest BCUT2D eigenvalue weighted by molar-refractivity contribution is 5.77. The third kappa shape index (κ3) is 3.97. The molecule has 2 heterocycles. The summed E-state index contributed by atoms with van der Waals surface area (Å²) in [6, 6.07) is 5.82. The Morgan fingerprint density at radius 2 is 2.00 bits per heavy atom. The van der Waals surface area contributed by atoms with Crippen LogP contribution in [0.4, 0.5) is 4.39 Å². The van der Waals surface area contributed by atoms with Gasteiger partial charge in [0.2, 0.25) is 11.8 Å². The van der Waals surface area contributed by atoms with E-state index in [4.69, 9.17) is 4.52 Å². The molecule has 1 N–H and O–H groups in total. The van der Waals surface area contributed by atoms with E-state index in [9.17, 15) is 14.0 Å². The highest BCUT2D eigenvalue weighted by Gasteiger charge is 2.16. The fraction of sp³-hybridized carbons (Fsp3) is 0.267. The second-order valence-corrected chi connectivity index (χ2v) is 5.21. The van der Waals surface area contributed by atoms with Gasteiger partial charge in [0.1, 0.15) is 12.4 Å². The lowest BCUT2D eigenvalue weighted by atomic mass is 10.1. The monoisotopic (exact) mass is 347 g/mol. The molecule has 0 saturated heterocycles. The third-order valence-electron chi connectivity index (χ3n) is 3.44. The summed E-state index contributed by atoms with van der Waals surface area (Å²) in [6.45, 7) is -0.0421. The maximum atomic E-state index is 13.0. The molecule has 3 aromatic rings. The summed E-state index contributed by atoms with van der Waals surface area (Å²) in [5, 5.41) is 9.86. The minimum absolute atomic E-state index is 0.0268. The molecule has 0 fully saturated rings. The Morgan fingerprint density at radius 1 is 1.24 bits per heavy atom. The number of nitrogens with one attached hydrogen (secondary N) is 1. The van der Waals surface area contributed by atoms with E-state index in [1.165, 1.54) is 23.7 Å². The quantitative estimate of drug-likeness (QED) is 0.681. The summed E-state index contributed by atoms with van der Waals surface area (Å²) in [6.07, 6.45) is 0.242. The molecule has 25 heavy (non-hydrogen) atoms. The van der Waals surface area contributed by atoms with Crippen molar-refractivity contribution in [3.63, 3.8) is 0 Å². The summed E-state index contributed by atoms with van der Waals surface area (Å²) in [5.41, 5.74) is 0.759. The topological polar surface area (TPSA) is 116 Å². The number of carbonyl (C=O) groups is 1. The Balaban J connectivity index is 1.77. The highest BCUT2D eigenvalue weighted by Crippen LogP contribution is 2.09. The van der Waals surface area contributed by atoms with Crippen LogP contribution in [0.2, 0.25) is 0 Å². The smallest absolute Gasteiger partial charge is 0.359 e. The van der Waals surface area contributed by atoms with Gasteiger partial charge in [-0.1, -0.05) is 22.4 Å². The van der Waals surface area contributed by atoms with Gasteiger partial charge in [0, 0.05) is 13.5 Å². The second-order valence-electron chi connectivity index (χ2n) is 5.21. The molecule has 0 radical (unpaired) electrons. The van der Waals surface area contributed by atoms with Crippen molar-refractivity contribution in [3.05, 3.63) is 63.7 Å². The number of halogens is 1. The molecule has 2 aromatic heterocycles. The molecule has 0 bridgehead atoms. The fourth-order valence-electron chi connectivity index (χ4n) is 2.16. The standard InChI is InChI=1S/C15H14FN5O4/c1-17-13(22)7-11-18-14(24-19-11)8-21-12(20-25-15(21)23)6-9-2-4-10(16)5-3-9/h2-5H,6-8H2,1H3,(H,17,22). The van der Waals surface area contributed by atoms with Crippen molar-refractivity contribution in [1.82, 2.24) is 25.2 Å². The van der Waals surface area contributed by atoms with Crippen molar-refractivity contribution < 1.29 is 18.2 Å². The zero-order valence-corrected chi connectivity index (χ0v) is 13.2. The van der Waals surface area contributed by atoms with Crippen LogP contribution in [0.1, 0.15) is 23.1 Å². The number of benzene rings is 1. The van der Waals surface area contributed by atoms with Crippen LogP contribution in [0.3, 0.4) is 0 Å². The maximum absolute atomic E-state index is 13.0. The van der Waals surface area contributed by atoms with Gasteiger partial charge in [-0.05, 0) is 17.7 Å². The Kier molecular flexibility index (Phi) is 4.68. The average Bonchev–Trinajstić information content (AvgIpc) is 3.18. The average molecular weight is 347 g/mol. The summed E-state index contributed by atoms with van der Waals surface area (Å²) in [5.74, 6) is -0.600. The van der Waals surface area contributed by atoms with Gasteiger partial charge in [-0.2, -0.15) is 4.98 Å². The van der Waals surface area contributed by atoms with Gasteiger partial charge in [0.15, 0.2) is 11.6 Å². The predicted octanol–water partition coefficient (Wildman–Crippen LogP) is 0.286. The molecule has 130 valence electrons. The van der Waals surface area contributed by atoms with Gasteiger partial charge in [-0.25, -0.2) is 9.18 Å². The first-order valence-electron chi connectivity index (χ1n) is 7.37. The van der Waals surface area contributed by atoms with E-state index < -0.39 is 5.76 Å². The van der Waals surface area contributed by atoms with Gasteiger partial charge in [0.05, 0.1) is 6.42 Å². The predicted molar refractivity (Wildman–Crippen MR) is 81.1 cm³/mol. The molecule has 0 aliphatic rings. The van der Waals surface area contributed by atoms with Crippen LogP contribution in [0.5, 0.6) is 0 Å². The number of rotatable bonds is 6. The van der Waals surface area contributed by atoms with Crippen molar-refractivity contribution >= 4 is 5.91 Å². The zero-order valence-electron chi connectivity index (χ0n) is 13.2. The molecule has 3 rings (SSSR count). The normalized spacial score (nSPS) is 10.8. The fourth-order valence-corrected chi connectivity index (χ4v) is 2.16. The summed E-state index contributed by atoms with van der Waals surface area (Å²) < 4.78 is 23.9. The van der Waals surface area contributed by atoms with Gasteiger partial charge >= 0.3 is 5.76 Å². The summed E-state index contributed by atoms with van der Waals surface area (Å²) in [4.78, 5) is 27.2. The van der Waals surface area contributed by atoms with E-state index in [0.717, 1.165) is 5.56 Å². The number of hydrogen-bond donors (Lipinski definition) is 1. The van der Waals surface area contributed by atoms with Gasteiger partial charge in [0.25, 0.3) is 0 Å². The van der Waals surface area contributed by atoms with Crippen LogP contribution >= 0.6 is 0 Å². The lowest BCUT2D eigenvalue weighted by molar-refractivity contribution is -0.120. The van der Waals surface area contributed by atoms with E-state index in [-0.39, 0.29) is 42.8 Å². The van der Waals surface area contributed by atoms with Crippen molar-refractivity contribution in [2.24, 2.45) is 0 Å². The largest absolute Gasteiger partial charge is 0.442 e. The first-order chi connectivity index (χ1) is 12.0. The van der Waals surface area contributed by atoms with Gasteiger partial charge in [-0.15, -0.1) is 0 Å². The first-order valence-corrected chi connectivity index (χ1v) is 7.37. The van der Waals surface area contributed by atoms with Crippen LogP contribution in [0.15, 0.2) is 38.1 Å². The van der Waals surface area contributed by atoms with Crippen molar-refractivity contribution in [1.29, 1.82) is 0 Å². The van der Waals surface area contributed by atoms with Crippen LogP contribution < -0.4 is 11.1 Å². The number of amides is 1. The molecule has 0 aliphatic heterocycles. The molecular formula is C15H14FN5O4. The summed E-state index contributed by atoms with van der Waals surface area (Å²) >= 11 is 0. The van der Waals surface area contributed by atoms with Crippen molar-refractivity contribution in [2.75, 3.05) is 7.05 Å². The lowest BCUT2D eigenvalue weighted by Gasteiger charge is -2.02. The van der Waals surface area contributed by atoms with Crippen LogP contribution in [-0.4, -0.2) is 32.8 Å². The Morgan fingerprint density at radius 3 is 2.72 bits per heavy atom. The Labute approximate surface area is 140 Å².